The normalized spacial score (nSPS) is 19.4. The van der Waals surface area contributed by atoms with Crippen LogP contribution in [0.4, 0.5) is 0 Å². The van der Waals surface area contributed by atoms with E-state index in [2.05, 4.69) is 11.1 Å². The first kappa shape index (κ1) is 11.7. The summed E-state index contributed by atoms with van der Waals surface area (Å²) in [5.41, 5.74) is 8.25. The predicted octanol–water partition coefficient (Wildman–Crippen LogP) is 3.00. The molecule has 18 heavy (non-hydrogen) atoms. The van der Waals surface area contributed by atoms with E-state index in [9.17, 15) is 0 Å². The van der Waals surface area contributed by atoms with Crippen molar-refractivity contribution < 1.29 is 4.74 Å². The third kappa shape index (κ3) is 1.82. The van der Waals surface area contributed by atoms with Gasteiger partial charge in [-0.05, 0) is 19.9 Å². The molecule has 3 nitrogen and oxygen atoms in total. The van der Waals surface area contributed by atoms with Crippen LogP contribution >= 0.6 is 11.3 Å². The van der Waals surface area contributed by atoms with Crippen molar-refractivity contribution in [1.82, 2.24) is 4.98 Å². The molecular formula is C14H16N2OS. The van der Waals surface area contributed by atoms with Crippen LogP contribution < -0.4 is 10.5 Å². The zero-order valence-electron chi connectivity index (χ0n) is 10.5. The van der Waals surface area contributed by atoms with Crippen LogP contribution in [-0.4, -0.2) is 11.6 Å². The summed E-state index contributed by atoms with van der Waals surface area (Å²) in [6.45, 7) is 4.72. The fourth-order valence-electron chi connectivity index (χ4n) is 2.37. The van der Waals surface area contributed by atoms with Gasteiger partial charge < -0.3 is 10.5 Å². The molecule has 2 heterocycles. The Balaban J connectivity index is 2.00. The van der Waals surface area contributed by atoms with Crippen molar-refractivity contribution in [2.24, 2.45) is 5.73 Å². The van der Waals surface area contributed by atoms with Crippen LogP contribution in [0.1, 0.15) is 40.0 Å². The summed E-state index contributed by atoms with van der Waals surface area (Å²) in [6.07, 6.45) is 0. The van der Waals surface area contributed by atoms with Gasteiger partial charge in [0.25, 0.3) is 0 Å². The van der Waals surface area contributed by atoms with E-state index >= 15 is 0 Å². The number of thiazole rings is 1. The van der Waals surface area contributed by atoms with Crippen molar-refractivity contribution in [2.45, 2.75) is 25.8 Å². The first-order valence-electron chi connectivity index (χ1n) is 6.11. The molecule has 0 saturated heterocycles. The highest BCUT2D eigenvalue weighted by Gasteiger charge is 2.28. The molecule has 1 aromatic carbocycles. The number of para-hydroxylation sites is 1. The van der Waals surface area contributed by atoms with E-state index in [-0.39, 0.29) is 12.0 Å². The number of ether oxygens (including phenoxy) is 1. The topological polar surface area (TPSA) is 48.1 Å². The second kappa shape index (κ2) is 4.37. The molecule has 0 aliphatic carbocycles. The summed E-state index contributed by atoms with van der Waals surface area (Å²) in [5, 5.41) is 1.12. The Morgan fingerprint density at radius 3 is 2.94 bits per heavy atom. The quantitative estimate of drug-likeness (QED) is 0.903. The summed E-state index contributed by atoms with van der Waals surface area (Å²) in [5.74, 6) is 1.25. The molecule has 2 aromatic rings. The Morgan fingerprint density at radius 1 is 1.44 bits per heavy atom. The van der Waals surface area contributed by atoms with Gasteiger partial charge >= 0.3 is 0 Å². The van der Waals surface area contributed by atoms with Crippen LogP contribution in [0, 0.1) is 6.92 Å². The molecule has 1 aliphatic rings. The van der Waals surface area contributed by atoms with Gasteiger partial charge in [0.1, 0.15) is 17.4 Å². The lowest BCUT2D eigenvalue weighted by Crippen LogP contribution is -2.03. The summed E-state index contributed by atoms with van der Waals surface area (Å²) < 4.78 is 5.71. The Hall–Kier alpha value is -1.39. The van der Waals surface area contributed by atoms with Crippen molar-refractivity contribution in [3.63, 3.8) is 0 Å². The van der Waals surface area contributed by atoms with Crippen LogP contribution in [0.2, 0.25) is 0 Å². The lowest BCUT2D eigenvalue weighted by Gasteiger charge is -2.04. The molecule has 0 bridgehead atoms. The van der Waals surface area contributed by atoms with Crippen LogP contribution in [-0.2, 0) is 0 Å². The molecule has 0 fully saturated rings. The van der Waals surface area contributed by atoms with Gasteiger partial charge in [0.2, 0.25) is 0 Å². The molecule has 1 aromatic heterocycles. The van der Waals surface area contributed by atoms with E-state index in [0.29, 0.717) is 6.61 Å². The minimum absolute atomic E-state index is 0.0498. The van der Waals surface area contributed by atoms with E-state index in [4.69, 9.17) is 10.5 Å². The molecule has 2 N–H and O–H groups in total. The highest BCUT2D eigenvalue weighted by Crippen LogP contribution is 2.40. The summed E-state index contributed by atoms with van der Waals surface area (Å²) in [6, 6.07) is 8.24. The fraction of sp³-hybridized carbons (Fsp3) is 0.357. The van der Waals surface area contributed by atoms with Crippen LogP contribution in [0.25, 0.3) is 0 Å². The van der Waals surface area contributed by atoms with Crippen LogP contribution in [0.5, 0.6) is 5.75 Å². The number of nitrogens with zero attached hydrogens (tertiary/aromatic N) is 1. The highest BCUT2D eigenvalue weighted by molar-refractivity contribution is 7.12. The Bertz CT molecular complexity index is 577. The summed E-state index contributed by atoms with van der Waals surface area (Å²) in [7, 11) is 0. The SMILES string of the molecule is Cc1nc(C2COc3ccccc32)sc1C(C)N. The number of aryl methyl sites for hydroxylation is 1. The molecule has 0 radical (unpaired) electrons. The molecule has 94 valence electrons. The number of hydrogen-bond donors (Lipinski definition) is 1. The van der Waals surface area contributed by atoms with Gasteiger partial charge in [0.05, 0.1) is 11.6 Å². The molecule has 2 unspecified atom stereocenters. The fourth-order valence-corrected chi connectivity index (χ4v) is 3.49. The Morgan fingerprint density at radius 2 is 2.22 bits per heavy atom. The molecule has 2 atom stereocenters. The van der Waals surface area contributed by atoms with E-state index in [0.717, 1.165) is 16.5 Å². The lowest BCUT2D eigenvalue weighted by atomic mass is 10.0. The van der Waals surface area contributed by atoms with Gasteiger partial charge in [-0.25, -0.2) is 4.98 Å². The largest absolute Gasteiger partial charge is 0.492 e. The van der Waals surface area contributed by atoms with E-state index in [1.807, 2.05) is 32.0 Å². The van der Waals surface area contributed by atoms with Crippen LogP contribution in [0.3, 0.4) is 0 Å². The molecule has 3 rings (SSSR count). The summed E-state index contributed by atoms with van der Waals surface area (Å²) in [4.78, 5) is 5.85. The monoisotopic (exact) mass is 260 g/mol. The molecule has 0 amide bonds. The van der Waals surface area contributed by atoms with Gasteiger partial charge in [0.15, 0.2) is 0 Å². The molecule has 4 heteroatoms. The molecular weight excluding hydrogens is 244 g/mol. The molecule has 0 saturated carbocycles. The number of aromatic nitrogens is 1. The Labute approximate surface area is 111 Å². The van der Waals surface area contributed by atoms with Crippen molar-refractivity contribution in [3.05, 3.63) is 45.4 Å². The number of benzene rings is 1. The standard InChI is InChI=1S/C14H16N2OS/c1-8(15)13-9(2)16-14(18-13)11-7-17-12-6-4-3-5-10(11)12/h3-6,8,11H,7,15H2,1-2H3. The van der Waals surface area contributed by atoms with E-state index < -0.39 is 0 Å². The van der Waals surface area contributed by atoms with Gasteiger partial charge in [-0.3, -0.25) is 0 Å². The predicted molar refractivity (Wildman–Crippen MR) is 73.2 cm³/mol. The minimum Gasteiger partial charge on any atom is -0.492 e. The van der Waals surface area contributed by atoms with E-state index in [1.165, 1.54) is 10.4 Å². The van der Waals surface area contributed by atoms with Gasteiger partial charge in [-0.1, -0.05) is 18.2 Å². The maximum Gasteiger partial charge on any atom is 0.123 e. The highest BCUT2D eigenvalue weighted by atomic mass is 32.1. The van der Waals surface area contributed by atoms with Crippen molar-refractivity contribution >= 4 is 11.3 Å². The second-order valence-corrected chi connectivity index (χ2v) is 5.75. The average molecular weight is 260 g/mol. The first-order valence-corrected chi connectivity index (χ1v) is 6.93. The first-order chi connectivity index (χ1) is 8.66. The maximum atomic E-state index is 5.96. The smallest absolute Gasteiger partial charge is 0.123 e. The molecule has 0 spiro atoms. The number of nitrogens with two attached hydrogens (primary N) is 1. The van der Waals surface area contributed by atoms with Crippen molar-refractivity contribution in [1.29, 1.82) is 0 Å². The van der Waals surface area contributed by atoms with E-state index in [1.54, 1.807) is 11.3 Å². The number of fused-ring (bicyclic) bond motifs is 1. The second-order valence-electron chi connectivity index (χ2n) is 4.69. The summed E-state index contributed by atoms with van der Waals surface area (Å²) >= 11 is 1.71. The van der Waals surface area contributed by atoms with Crippen LogP contribution in [0.15, 0.2) is 24.3 Å². The number of hydrogen-bond acceptors (Lipinski definition) is 4. The maximum absolute atomic E-state index is 5.96. The number of rotatable bonds is 2. The Kier molecular flexibility index (Phi) is 2.84. The third-order valence-corrected chi connectivity index (χ3v) is 4.73. The van der Waals surface area contributed by atoms with Gasteiger partial charge in [-0.2, -0.15) is 0 Å². The average Bonchev–Trinajstić information content (AvgIpc) is 2.92. The van der Waals surface area contributed by atoms with Crippen molar-refractivity contribution in [3.8, 4) is 5.75 Å². The zero-order chi connectivity index (χ0) is 12.7. The lowest BCUT2D eigenvalue weighted by molar-refractivity contribution is 0.343. The van der Waals surface area contributed by atoms with Gasteiger partial charge in [0, 0.05) is 16.5 Å². The van der Waals surface area contributed by atoms with Crippen molar-refractivity contribution in [2.75, 3.05) is 6.61 Å². The minimum atomic E-state index is 0.0498. The zero-order valence-corrected chi connectivity index (χ0v) is 11.3. The third-order valence-electron chi connectivity index (χ3n) is 3.26. The molecule has 1 aliphatic heterocycles. The van der Waals surface area contributed by atoms with Gasteiger partial charge in [-0.15, -0.1) is 11.3 Å².